The van der Waals surface area contributed by atoms with Crippen molar-refractivity contribution in [2.45, 2.75) is 77.7 Å². The van der Waals surface area contributed by atoms with Gasteiger partial charge in [0.15, 0.2) is 0 Å². The first kappa shape index (κ1) is 25.2. The third-order valence-corrected chi connectivity index (χ3v) is 2.89. The predicted molar refractivity (Wildman–Crippen MR) is 100.0 cm³/mol. The monoisotopic (exact) mass is 402 g/mol. The third kappa shape index (κ3) is 12.6. The van der Waals surface area contributed by atoms with Gasteiger partial charge in [-0.3, -0.25) is 0 Å². The maximum Gasteiger partial charge on any atom is 0.408 e. The lowest BCUT2D eigenvalue weighted by atomic mass is 10.1. The van der Waals surface area contributed by atoms with E-state index in [4.69, 9.17) is 9.47 Å². The van der Waals surface area contributed by atoms with Gasteiger partial charge in [0.25, 0.3) is 0 Å². The number of carboxylic acid groups (broad SMARTS) is 2. The number of hydrogen-bond acceptors (Lipinski definition) is 6. The summed E-state index contributed by atoms with van der Waals surface area (Å²) in [6.45, 7) is 9.87. The van der Waals surface area contributed by atoms with Crippen molar-refractivity contribution in [3.63, 3.8) is 0 Å². The van der Waals surface area contributed by atoms with Crippen LogP contribution in [0, 0.1) is 0 Å². The maximum absolute atomic E-state index is 11.7. The summed E-state index contributed by atoms with van der Waals surface area (Å²) in [7, 11) is 0. The summed E-state index contributed by atoms with van der Waals surface area (Å²) in [5, 5.41) is 22.8. The minimum atomic E-state index is -1.27. The van der Waals surface area contributed by atoms with Crippen molar-refractivity contribution >= 4 is 24.1 Å². The number of carbonyl (C=O) groups is 4. The molecular formula is C18H30N2O8. The lowest BCUT2D eigenvalue weighted by molar-refractivity contribution is -0.140. The summed E-state index contributed by atoms with van der Waals surface area (Å²) < 4.78 is 10.0. The number of hydrogen-bond donors (Lipinski definition) is 4. The minimum absolute atomic E-state index is 0.0899. The Morgan fingerprint density at radius 1 is 0.750 bits per heavy atom. The Bertz CT molecular complexity index is 550. The zero-order valence-corrected chi connectivity index (χ0v) is 17.1. The third-order valence-electron chi connectivity index (χ3n) is 2.89. The van der Waals surface area contributed by atoms with Gasteiger partial charge in [0.2, 0.25) is 0 Å². The van der Waals surface area contributed by atoms with Crippen molar-refractivity contribution in [1.82, 2.24) is 10.6 Å². The van der Waals surface area contributed by atoms with Crippen molar-refractivity contribution in [3.05, 3.63) is 12.2 Å². The summed E-state index contributed by atoms with van der Waals surface area (Å²) in [6.07, 6.45) is 0.888. The highest BCUT2D eigenvalue weighted by Gasteiger charge is 2.24. The highest BCUT2D eigenvalue weighted by atomic mass is 16.6. The largest absolute Gasteiger partial charge is 0.480 e. The van der Waals surface area contributed by atoms with Gasteiger partial charge in [-0.1, -0.05) is 12.2 Å². The molecule has 0 unspecified atom stereocenters. The molecule has 0 heterocycles. The Kier molecular flexibility index (Phi) is 9.48. The Morgan fingerprint density at radius 3 is 1.25 bits per heavy atom. The van der Waals surface area contributed by atoms with Gasteiger partial charge >= 0.3 is 24.1 Å². The molecule has 0 aliphatic rings. The Hall–Kier alpha value is -2.78. The van der Waals surface area contributed by atoms with E-state index in [0.29, 0.717) is 0 Å². The van der Waals surface area contributed by atoms with E-state index < -0.39 is 47.4 Å². The molecule has 0 aliphatic carbocycles. The van der Waals surface area contributed by atoms with Crippen LogP contribution in [-0.2, 0) is 19.1 Å². The molecule has 28 heavy (non-hydrogen) atoms. The molecule has 10 nitrogen and oxygen atoms in total. The van der Waals surface area contributed by atoms with Crippen LogP contribution < -0.4 is 10.6 Å². The summed E-state index contributed by atoms with van der Waals surface area (Å²) in [5.74, 6) is -2.53. The van der Waals surface area contributed by atoms with Gasteiger partial charge in [-0.15, -0.1) is 0 Å². The number of nitrogens with one attached hydrogen (secondary N) is 2. The second-order valence-corrected chi connectivity index (χ2v) is 8.02. The van der Waals surface area contributed by atoms with Gasteiger partial charge in [-0.2, -0.15) is 0 Å². The van der Waals surface area contributed by atoms with Crippen molar-refractivity contribution < 1.29 is 38.9 Å². The zero-order chi connectivity index (χ0) is 22.1. The fourth-order valence-electron chi connectivity index (χ4n) is 1.81. The molecule has 160 valence electrons. The van der Waals surface area contributed by atoms with E-state index in [9.17, 15) is 29.4 Å². The minimum Gasteiger partial charge on any atom is -0.480 e. The lowest BCUT2D eigenvalue weighted by Crippen LogP contribution is -2.43. The number of carboxylic acids is 2. The van der Waals surface area contributed by atoms with Gasteiger partial charge in [0.1, 0.15) is 23.3 Å². The predicted octanol–water partition coefficient (Wildman–Crippen LogP) is 2.28. The lowest BCUT2D eigenvalue weighted by Gasteiger charge is -2.22. The SMILES string of the molecule is CC(C)(C)OC(=O)N[C@@H](C/C=C/C[C@H](NC(=O)OC(C)(C)C)C(=O)O)C(=O)O. The van der Waals surface area contributed by atoms with Gasteiger partial charge in [0, 0.05) is 0 Å². The molecule has 0 bridgehead atoms. The van der Waals surface area contributed by atoms with Crippen molar-refractivity contribution in [3.8, 4) is 0 Å². The number of ether oxygens (including phenoxy) is 2. The Morgan fingerprint density at radius 2 is 1.04 bits per heavy atom. The molecule has 0 spiro atoms. The summed E-state index contributed by atoms with van der Waals surface area (Å²) in [5.41, 5.74) is -1.55. The van der Waals surface area contributed by atoms with Crippen LogP contribution in [0.1, 0.15) is 54.4 Å². The molecule has 10 heteroatoms. The van der Waals surface area contributed by atoms with E-state index in [1.165, 1.54) is 12.2 Å². The van der Waals surface area contributed by atoms with E-state index in [-0.39, 0.29) is 12.8 Å². The second kappa shape index (κ2) is 10.5. The molecule has 0 saturated heterocycles. The zero-order valence-electron chi connectivity index (χ0n) is 17.1. The fourth-order valence-corrected chi connectivity index (χ4v) is 1.81. The van der Waals surface area contributed by atoms with E-state index in [1.807, 2.05) is 0 Å². The topological polar surface area (TPSA) is 151 Å². The van der Waals surface area contributed by atoms with Crippen LogP contribution in [0.15, 0.2) is 12.2 Å². The quantitative estimate of drug-likeness (QED) is 0.451. The average molecular weight is 402 g/mol. The van der Waals surface area contributed by atoms with E-state index in [1.54, 1.807) is 41.5 Å². The molecule has 2 amide bonds. The first-order valence-electron chi connectivity index (χ1n) is 8.70. The van der Waals surface area contributed by atoms with Gasteiger partial charge in [-0.25, -0.2) is 19.2 Å². The molecule has 0 aliphatic heterocycles. The number of carbonyl (C=O) groups excluding carboxylic acids is 2. The first-order chi connectivity index (χ1) is 12.6. The van der Waals surface area contributed by atoms with Crippen LogP contribution in [0.3, 0.4) is 0 Å². The Balaban J connectivity index is 4.72. The van der Waals surface area contributed by atoms with Crippen LogP contribution >= 0.6 is 0 Å². The highest BCUT2D eigenvalue weighted by molar-refractivity contribution is 5.81. The molecule has 0 aromatic rings. The van der Waals surface area contributed by atoms with Crippen LogP contribution in [0.25, 0.3) is 0 Å². The van der Waals surface area contributed by atoms with E-state index in [0.717, 1.165) is 0 Å². The van der Waals surface area contributed by atoms with Crippen LogP contribution in [0.2, 0.25) is 0 Å². The van der Waals surface area contributed by atoms with Crippen LogP contribution in [-0.4, -0.2) is 57.6 Å². The summed E-state index contributed by atoms with van der Waals surface area (Å²) >= 11 is 0. The number of rotatable bonds is 8. The van der Waals surface area contributed by atoms with Gasteiger partial charge in [-0.05, 0) is 54.4 Å². The van der Waals surface area contributed by atoms with Gasteiger partial charge < -0.3 is 30.3 Å². The second-order valence-electron chi connectivity index (χ2n) is 8.02. The molecule has 2 atom stereocenters. The number of amides is 2. The fraction of sp³-hybridized carbons (Fsp3) is 0.667. The molecule has 0 saturated carbocycles. The van der Waals surface area contributed by atoms with Gasteiger partial charge in [0.05, 0.1) is 0 Å². The molecule has 0 aromatic heterocycles. The first-order valence-corrected chi connectivity index (χ1v) is 8.70. The van der Waals surface area contributed by atoms with Crippen LogP contribution in [0.4, 0.5) is 9.59 Å². The normalized spacial score (nSPS) is 14.1. The standard InChI is InChI=1S/C18H30N2O8/c1-17(2,3)27-15(25)19-11(13(21)22)9-7-8-10-12(14(23)24)20-16(26)28-18(4,5)6/h7-8,11-12H,9-10H2,1-6H3,(H,19,25)(H,20,26)(H,21,22)(H,23,24)/b8-7+/t11-,12-/m0/s1. The van der Waals surface area contributed by atoms with E-state index >= 15 is 0 Å². The number of aliphatic carboxylic acids is 2. The maximum atomic E-state index is 11.7. The molecule has 0 radical (unpaired) electrons. The summed E-state index contributed by atoms with van der Waals surface area (Å²) in [4.78, 5) is 45.8. The molecule has 0 fully saturated rings. The highest BCUT2D eigenvalue weighted by Crippen LogP contribution is 2.09. The van der Waals surface area contributed by atoms with Crippen molar-refractivity contribution in [2.24, 2.45) is 0 Å². The molecule has 0 rings (SSSR count). The van der Waals surface area contributed by atoms with Crippen molar-refractivity contribution in [1.29, 1.82) is 0 Å². The smallest absolute Gasteiger partial charge is 0.408 e. The van der Waals surface area contributed by atoms with Crippen LogP contribution in [0.5, 0.6) is 0 Å². The summed E-state index contributed by atoms with van der Waals surface area (Å²) in [6, 6.07) is -2.48. The van der Waals surface area contributed by atoms with E-state index in [2.05, 4.69) is 10.6 Å². The number of alkyl carbamates (subject to hydrolysis) is 2. The Labute approximate surface area is 164 Å². The molecule has 4 N–H and O–H groups in total. The average Bonchev–Trinajstić information content (AvgIpc) is 2.44. The molecular weight excluding hydrogens is 372 g/mol. The van der Waals surface area contributed by atoms with Crippen molar-refractivity contribution in [2.75, 3.05) is 0 Å². The molecule has 0 aromatic carbocycles.